The molecule has 0 spiro atoms. The normalized spacial score (nSPS) is 24.0. The number of hydrogen-bond donors (Lipinski definition) is 0. The van der Waals surface area contributed by atoms with Crippen LogP contribution in [-0.2, 0) is 0 Å². The molecule has 0 saturated carbocycles. The van der Waals surface area contributed by atoms with Crippen LogP contribution in [0.25, 0.3) is 0 Å². The van der Waals surface area contributed by atoms with Crippen molar-refractivity contribution in [3.63, 3.8) is 0 Å². The lowest BCUT2D eigenvalue weighted by atomic mass is 9.91. The van der Waals surface area contributed by atoms with Crippen molar-refractivity contribution >= 4 is 0 Å². The van der Waals surface area contributed by atoms with Crippen LogP contribution in [0.2, 0.25) is 0 Å². The van der Waals surface area contributed by atoms with E-state index < -0.39 is 0 Å². The van der Waals surface area contributed by atoms with E-state index in [9.17, 15) is 0 Å². The first kappa shape index (κ1) is 7.82. The zero-order chi connectivity index (χ0) is 8.10. The molecule has 0 aromatic rings. The zero-order valence-electron chi connectivity index (χ0n) is 6.33. The Balaban J connectivity index is 2.50. The molecule has 56 valence electrons. The predicted molar refractivity (Wildman–Crippen MR) is 41.2 cm³/mol. The highest BCUT2D eigenvalue weighted by atomic mass is 14.3. The third-order valence-corrected chi connectivity index (χ3v) is 2.04. The van der Waals surface area contributed by atoms with Gasteiger partial charge in [0, 0.05) is 0 Å². The van der Waals surface area contributed by atoms with Gasteiger partial charge in [-0.1, -0.05) is 12.2 Å². The van der Waals surface area contributed by atoms with Gasteiger partial charge in [0.05, 0.1) is 24.5 Å². The molecule has 0 amide bonds. The van der Waals surface area contributed by atoms with Crippen molar-refractivity contribution in [1.82, 2.24) is 0 Å². The smallest absolute Gasteiger partial charge is 0.0672 e. The van der Waals surface area contributed by atoms with Gasteiger partial charge in [-0.3, -0.25) is 0 Å². The van der Waals surface area contributed by atoms with E-state index in [1.807, 2.05) is 6.07 Å². The quantitative estimate of drug-likeness (QED) is 0.559. The second kappa shape index (κ2) is 3.78. The van der Waals surface area contributed by atoms with E-state index >= 15 is 0 Å². The molecule has 0 aromatic heterocycles. The summed E-state index contributed by atoms with van der Waals surface area (Å²) < 4.78 is 0. The molecular weight excluding hydrogens is 136 g/mol. The highest BCUT2D eigenvalue weighted by Gasteiger charge is 2.20. The topological polar surface area (TPSA) is 47.6 Å². The molecule has 0 unspecified atom stereocenters. The van der Waals surface area contributed by atoms with Gasteiger partial charge in [0.25, 0.3) is 0 Å². The van der Waals surface area contributed by atoms with Gasteiger partial charge < -0.3 is 0 Å². The van der Waals surface area contributed by atoms with Crippen LogP contribution in [0.15, 0.2) is 12.2 Å². The van der Waals surface area contributed by atoms with Crippen LogP contribution in [-0.4, -0.2) is 0 Å². The first-order chi connectivity index (χ1) is 5.38. The van der Waals surface area contributed by atoms with Gasteiger partial charge >= 0.3 is 0 Å². The molecule has 0 heterocycles. The van der Waals surface area contributed by atoms with Crippen molar-refractivity contribution in [3.05, 3.63) is 12.2 Å². The molecule has 2 heteroatoms. The van der Waals surface area contributed by atoms with E-state index in [1.54, 1.807) is 0 Å². The van der Waals surface area contributed by atoms with Gasteiger partial charge in [-0.2, -0.15) is 10.5 Å². The molecule has 11 heavy (non-hydrogen) atoms. The molecule has 1 aliphatic rings. The molecule has 0 N–H and O–H groups in total. The summed E-state index contributed by atoms with van der Waals surface area (Å²) in [6.45, 7) is 0. The lowest BCUT2D eigenvalue weighted by Crippen LogP contribution is -2.07. The predicted octanol–water partition coefficient (Wildman–Crippen LogP) is 2.01. The molecule has 0 bridgehead atoms. The van der Waals surface area contributed by atoms with Crippen LogP contribution in [0.1, 0.15) is 19.3 Å². The van der Waals surface area contributed by atoms with Crippen molar-refractivity contribution in [2.75, 3.05) is 0 Å². The maximum atomic E-state index is 8.68. The van der Waals surface area contributed by atoms with Gasteiger partial charge in [0.1, 0.15) is 0 Å². The Hall–Kier alpha value is -1.28. The molecule has 2 nitrogen and oxygen atoms in total. The zero-order valence-corrected chi connectivity index (χ0v) is 6.33. The summed E-state index contributed by atoms with van der Waals surface area (Å²) in [5.41, 5.74) is 0. The largest absolute Gasteiger partial charge is 0.198 e. The number of rotatable bonds is 2. The molecule has 1 aliphatic carbocycles. The number of nitrogens with zero attached hydrogens (tertiary/aromatic N) is 2. The minimum atomic E-state index is -0.0845. The minimum absolute atomic E-state index is 0.0845. The Morgan fingerprint density at radius 2 is 2.36 bits per heavy atom. The standard InChI is InChI=1S/C9H10N2/c10-6-5-9(7-11)8-3-1-2-4-8/h1,3,8-9H,2,4-5H2/t8-,9+/m0/s1. The Kier molecular flexibility index (Phi) is 2.69. The minimum Gasteiger partial charge on any atom is -0.198 e. The van der Waals surface area contributed by atoms with Crippen molar-refractivity contribution in [3.8, 4) is 12.1 Å². The summed E-state index contributed by atoms with van der Waals surface area (Å²) in [4.78, 5) is 0. The number of allylic oxidation sites excluding steroid dienone is 2. The van der Waals surface area contributed by atoms with Crippen molar-refractivity contribution in [2.45, 2.75) is 19.3 Å². The van der Waals surface area contributed by atoms with E-state index in [-0.39, 0.29) is 5.92 Å². The van der Waals surface area contributed by atoms with Crippen molar-refractivity contribution in [2.24, 2.45) is 11.8 Å². The molecule has 0 aromatic carbocycles. The van der Waals surface area contributed by atoms with E-state index in [2.05, 4.69) is 18.2 Å². The highest BCUT2D eigenvalue weighted by Crippen LogP contribution is 2.26. The Morgan fingerprint density at radius 1 is 1.55 bits per heavy atom. The monoisotopic (exact) mass is 146 g/mol. The number of hydrogen-bond acceptors (Lipinski definition) is 2. The van der Waals surface area contributed by atoms with E-state index in [4.69, 9.17) is 10.5 Å². The Labute approximate surface area is 66.7 Å². The van der Waals surface area contributed by atoms with Crippen LogP contribution >= 0.6 is 0 Å². The Bertz CT molecular complexity index is 229. The molecule has 0 saturated heterocycles. The molecule has 0 radical (unpaired) electrons. The summed E-state index contributed by atoms with van der Waals surface area (Å²) in [6, 6.07) is 4.21. The molecule has 1 rings (SSSR count). The average Bonchev–Trinajstić information content (AvgIpc) is 2.52. The summed E-state index contributed by atoms with van der Waals surface area (Å²) in [5, 5.41) is 17.1. The third-order valence-electron chi connectivity index (χ3n) is 2.04. The SMILES string of the molecule is N#CC[C@H](C#N)[C@H]1C=CCC1. The fraction of sp³-hybridized carbons (Fsp3) is 0.556. The van der Waals surface area contributed by atoms with E-state index in [0.717, 1.165) is 12.8 Å². The van der Waals surface area contributed by atoms with Crippen LogP contribution in [0.4, 0.5) is 0 Å². The maximum Gasteiger partial charge on any atom is 0.0672 e. The van der Waals surface area contributed by atoms with E-state index in [0.29, 0.717) is 12.3 Å². The van der Waals surface area contributed by atoms with Crippen LogP contribution in [0.5, 0.6) is 0 Å². The van der Waals surface area contributed by atoms with Gasteiger partial charge in [-0.15, -0.1) is 0 Å². The first-order valence-electron chi connectivity index (χ1n) is 3.81. The maximum absolute atomic E-state index is 8.68. The summed E-state index contributed by atoms with van der Waals surface area (Å²) in [7, 11) is 0. The molecule has 2 atom stereocenters. The summed E-state index contributed by atoms with van der Waals surface area (Å²) in [6.07, 6.45) is 6.62. The molecule has 0 fully saturated rings. The third kappa shape index (κ3) is 1.82. The molecular formula is C9H10N2. The summed E-state index contributed by atoms with van der Waals surface area (Å²) >= 11 is 0. The van der Waals surface area contributed by atoms with Crippen LogP contribution < -0.4 is 0 Å². The highest BCUT2D eigenvalue weighted by molar-refractivity contribution is 5.06. The van der Waals surface area contributed by atoms with Crippen molar-refractivity contribution < 1.29 is 0 Å². The van der Waals surface area contributed by atoms with Gasteiger partial charge in [0.15, 0.2) is 0 Å². The fourth-order valence-electron chi connectivity index (χ4n) is 1.38. The van der Waals surface area contributed by atoms with Crippen molar-refractivity contribution in [1.29, 1.82) is 10.5 Å². The fourth-order valence-corrected chi connectivity index (χ4v) is 1.38. The van der Waals surface area contributed by atoms with Crippen LogP contribution in [0.3, 0.4) is 0 Å². The first-order valence-corrected chi connectivity index (χ1v) is 3.81. The second-order valence-electron chi connectivity index (χ2n) is 2.77. The lowest BCUT2D eigenvalue weighted by Gasteiger charge is -2.09. The Morgan fingerprint density at radius 3 is 2.82 bits per heavy atom. The van der Waals surface area contributed by atoms with E-state index in [1.165, 1.54) is 0 Å². The van der Waals surface area contributed by atoms with Gasteiger partial charge in [-0.25, -0.2) is 0 Å². The second-order valence-corrected chi connectivity index (χ2v) is 2.77. The lowest BCUT2D eigenvalue weighted by molar-refractivity contribution is 0.485. The average molecular weight is 146 g/mol. The van der Waals surface area contributed by atoms with Gasteiger partial charge in [-0.05, 0) is 18.8 Å². The molecule has 0 aliphatic heterocycles. The number of nitriles is 2. The van der Waals surface area contributed by atoms with Gasteiger partial charge in [0.2, 0.25) is 0 Å². The summed E-state index contributed by atoms with van der Waals surface area (Å²) in [5.74, 6) is 0.249. The van der Waals surface area contributed by atoms with Crippen LogP contribution in [0, 0.1) is 34.5 Å².